The van der Waals surface area contributed by atoms with Crippen molar-refractivity contribution in [2.45, 2.75) is 39.2 Å². The molecule has 1 heterocycles. The molecule has 0 fully saturated rings. The highest BCUT2D eigenvalue weighted by Gasteiger charge is 2.12. The van der Waals surface area contributed by atoms with Crippen LogP contribution in [0.15, 0.2) is 85.3 Å². The molecule has 1 atom stereocenters. The molecule has 11 nitrogen and oxygen atoms in total. The molecule has 0 spiro atoms. The predicted molar refractivity (Wildman–Crippen MR) is 174 cm³/mol. The second-order valence-corrected chi connectivity index (χ2v) is 10.3. The summed E-state index contributed by atoms with van der Waals surface area (Å²) in [5.74, 6) is -0.419. The van der Waals surface area contributed by atoms with Crippen molar-refractivity contribution in [1.29, 1.82) is 0 Å². The fraction of sp³-hybridized carbons (Fsp3) is 0.265. The lowest BCUT2D eigenvalue weighted by molar-refractivity contribution is -0.147. The summed E-state index contributed by atoms with van der Waals surface area (Å²) in [6.07, 6.45) is 7.03. The Morgan fingerprint density at radius 3 is 2.59 bits per heavy atom. The Hall–Kier alpha value is -5.20. The smallest absolute Gasteiger partial charge is 0.323 e. The highest BCUT2D eigenvalue weighted by molar-refractivity contribution is 6.00. The van der Waals surface area contributed by atoms with E-state index in [9.17, 15) is 23.9 Å². The van der Waals surface area contributed by atoms with Gasteiger partial charge in [0, 0.05) is 30.5 Å². The lowest BCUT2D eigenvalue weighted by Gasteiger charge is -2.11. The van der Waals surface area contributed by atoms with E-state index in [2.05, 4.69) is 27.5 Å². The van der Waals surface area contributed by atoms with E-state index < -0.39 is 30.5 Å². The van der Waals surface area contributed by atoms with E-state index in [0.29, 0.717) is 40.4 Å². The van der Waals surface area contributed by atoms with Crippen molar-refractivity contribution in [2.24, 2.45) is 0 Å². The number of carbonyl (C=O) groups excluding carboxylic acids is 3. The van der Waals surface area contributed by atoms with Crippen molar-refractivity contribution in [3.63, 3.8) is 0 Å². The molecule has 1 aromatic heterocycles. The van der Waals surface area contributed by atoms with Crippen LogP contribution in [-0.4, -0.2) is 59.0 Å². The van der Waals surface area contributed by atoms with Gasteiger partial charge in [0.1, 0.15) is 30.0 Å². The zero-order valence-corrected chi connectivity index (χ0v) is 25.8. The second-order valence-electron chi connectivity index (χ2n) is 10.3. The van der Waals surface area contributed by atoms with Crippen LogP contribution in [0.2, 0.25) is 0 Å². The maximum atomic E-state index is 14.0. The molecular formula is C34H39FN4O7. The van der Waals surface area contributed by atoms with Gasteiger partial charge in [-0.1, -0.05) is 25.6 Å². The molecule has 244 valence electrons. The van der Waals surface area contributed by atoms with Gasteiger partial charge in [-0.05, 0) is 85.5 Å². The molecule has 6 N–H and O–H groups in total. The van der Waals surface area contributed by atoms with Crippen LogP contribution in [0, 0.1) is 12.7 Å². The number of esters is 1. The summed E-state index contributed by atoms with van der Waals surface area (Å²) in [7, 11) is 0. The highest BCUT2D eigenvalue weighted by Crippen LogP contribution is 2.22. The SMILES string of the molecule is C=C(C=C(C=CCC)Oc1ccc(NC(=O)Nc2cc(C)ccc2F)cc1)c1cc(C(=O)NCCCC(=O)OCC(O)CO)c[nH]1. The third-order valence-corrected chi connectivity index (χ3v) is 6.33. The number of allylic oxidation sites excluding steroid dienone is 4. The number of aliphatic hydroxyl groups excluding tert-OH is 2. The number of ether oxygens (including phenoxy) is 2. The maximum Gasteiger partial charge on any atom is 0.323 e. The highest BCUT2D eigenvalue weighted by atomic mass is 19.1. The topological polar surface area (TPSA) is 162 Å². The van der Waals surface area contributed by atoms with E-state index in [0.717, 1.165) is 12.0 Å². The van der Waals surface area contributed by atoms with Crippen LogP contribution >= 0.6 is 0 Å². The normalized spacial score (nSPS) is 12.0. The number of rotatable bonds is 16. The van der Waals surface area contributed by atoms with Crippen LogP contribution in [0.3, 0.4) is 0 Å². The van der Waals surface area contributed by atoms with Gasteiger partial charge in [0.15, 0.2) is 0 Å². The van der Waals surface area contributed by atoms with Crippen LogP contribution in [0.1, 0.15) is 47.8 Å². The Morgan fingerprint density at radius 1 is 1.11 bits per heavy atom. The van der Waals surface area contributed by atoms with E-state index in [-0.39, 0.29) is 31.2 Å². The Balaban J connectivity index is 1.54. The average Bonchev–Trinajstić information content (AvgIpc) is 3.54. The van der Waals surface area contributed by atoms with Crippen LogP contribution in [-0.2, 0) is 9.53 Å². The molecule has 2 aromatic carbocycles. The molecule has 0 aliphatic carbocycles. The zero-order valence-electron chi connectivity index (χ0n) is 25.8. The summed E-state index contributed by atoms with van der Waals surface area (Å²) in [6.45, 7) is 7.34. The van der Waals surface area contributed by atoms with Crippen molar-refractivity contribution >= 4 is 34.9 Å². The minimum Gasteiger partial charge on any atom is -0.463 e. The van der Waals surface area contributed by atoms with Crippen molar-refractivity contribution in [2.75, 3.05) is 30.4 Å². The summed E-state index contributed by atoms with van der Waals surface area (Å²) in [5, 5.41) is 25.9. The summed E-state index contributed by atoms with van der Waals surface area (Å²) in [5.41, 5.74) is 2.90. The first-order valence-electron chi connectivity index (χ1n) is 14.7. The molecule has 1 unspecified atom stereocenters. The van der Waals surface area contributed by atoms with Gasteiger partial charge in [-0.3, -0.25) is 9.59 Å². The standard InChI is InChI=1S/C34H39FN4O7/c1-4-5-7-28(46-27-12-10-25(11-13-27)38-34(44)39-31-16-22(2)9-14-29(31)35)17-23(3)30-18-24(19-37-30)33(43)36-15-6-8-32(42)45-21-26(41)20-40/h5,7,9-14,16-19,26,37,40-41H,3-4,6,8,15,20-21H2,1-2H3,(H,36,43)(H2,38,39,44). The second kappa shape index (κ2) is 17.9. The number of benzene rings is 2. The molecule has 3 amide bonds. The van der Waals surface area contributed by atoms with Crippen molar-refractivity contribution < 1.29 is 38.5 Å². The van der Waals surface area contributed by atoms with Gasteiger partial charge in [0.05, 0.1) is 17.9 Å². The third kappa shape index (κ3) is 11.7. The number of carbonyl (C=O) groups is 3. The molecule has 3 aromatic rings. The van der Waals surface area contributed by atoms with Crippen LogP contribution < -0.4 is 20.7 Å². The lowest BCUT2D eigenvalue weighted by atomic mass is 10.1. The van der Waals surface area contributed by atoms with Gasteiger partial charge in [0.2, 0.25) is 0 Å². The largest absolute Gasteiger partial charge is 0.463 e. The number of aromatic amines is 1. The molecule has 0 bridgehead atoms. The number of aromatic nitrogens is 1. The zero-order chi connectivity index (χ0) is 33.5. The summed E-state index contributed by atoms with van der Waals surface area (Å²) < 4.78 is 24.8. The molecule has 0 aliphatic heterocycles. The minimum absolute atomic E-state index is 0.0519. The Bertz CT molecular complexity index is 1560. The number of hydrogen-bond acceptors (Lipinski definition) is 7. The van der Waals surface area contributed by atoms with Crippen LogP contribution in [0.25, 0.3) is 5.57 Å². The summed E-state index contributed by atoms with van der Waals surface area (Å²) in [6, 6.07) is 12.2. The number of H-pyrrole nitrogens is 1. The average molecular weight is 635 g/mol. The monoisotopic (exact) mass is 634 g/mol. The molecule has 0 saturated carbocycles. The molecule has 12 heteroatoms. The number of nitrogens with one attached hydrogen (secondary N) is 4. The Kier molecular flexibility index (Phi) is 13.8. The number of aliphatic hydroxyl groups is 2. The van der Waals surface area contributed by atoms with Gasteiger partial charge in [-0.2, -0.15) is 0 Å². The number of halogens is 1. The van der Waals surface area contributed by atoms with Gasteiger partial charge in [-0.25, -0.2) is 9.18 Å². The minimum atomic E-state index is -1.11. The van der Waals surface area contributed by atoms with Crippen LogP contribution in [0.4, 0.5) is 20.6 Å². The van der Waals surface area contributed by atoms with E-state index in [1.165, 1.54) is 6.07 Å². The van der Waals surface area contributed by atoms with E-state index in [1.54, 1.807) is 67.7 Å². The Labute approximate surface area is 266 Å². The molecule has 0 aliphatic rings. The van der Waals surface area contributed by atoms with Crippen molar-refractivity contribution in [3.8, 4) is 5.75 Å². The molecular weight excluding hydrogens is 595 g/mol. The predicted octanol–water partition coefficient (Wildman–Crippen LogP) is 5.45. The summed E-state index contributed by atoms with van der Waals surface area (Å²) in [4.78, 5) is 39.6. The first-order valence-corrected chi connectivity index (χ1v) is 14.7. The fourth-order valence-corrected chi connectivity index (χ4v) is 3.92. The lowest BCUT2D eigenvalue weighted by Crippen LogP contribution is -2.25. The number of anilines is 2. The molecule has 3 rings (SSSR count). The van der Waals surface area contributed by atoms with Gasteiger partial charge in [0.25, 0.3) is 5.91 Å². The number of amides is 3. The third-order valence-electron chi connectivity index (χ3n) is 6.33. The van der Waals surface area contributed by atoms with Gasteiger partial charge >= 0.3 is 12.0 Å². The Morgan fingerprint density at radius 2 is 1.87 bits per heavy atom. The van der Waals surface area contributed by atoms with E-state index in [4.69, 9.17) is 14.6 Å². The van der Waals surface area contributed by atoms with Gasteiger partial charge in [-0.15, -0.1) is 0 Å². The maximum absolute atomic E-state index is 14.0. The number of hydrogen-bond donors (Lipinski definition) is 6. The quantitative estimate of drug-likeness (QED) is 0.0528. The van der Waals surface area contributed by atoms with Crippen molar-refractivity contribution in [1.82, 2.24) is 10.3 Å². The molecule has 0 radical (unpaired) electrons. The van der Waals surface area contributed by atoms with E-state index >= 15 is 0 Å². The fourth-order valence-electron chi connectivity index (χ4n) is 3.92. The molecule has 0 saturated heterocycles. The number of aryl methyl sites for hydroxylation is 1. The first-order chi connectivity index (χ1) is 22.1. The van der Waals surface area contributed by atoms with Crippen molar-refractivity contribution in [3.05, 3.63) is 108 Å². The number of urea groups is 1. The van der Waals surface area contributed by atoms with Crippen LogP contribution in [0.5, 0.6) is 5.75 Å². The van der Waals surface area contributed by atoms with Gasteiger partial charge < -0.3 is 40.6 Å². The van der Waals surface area contributed by atoms with E-state index in [1.807, 2.05) is 13.0 Å². The molecule has 46 heavy (non-hydrogen) atoms. The summed E-state index contributed by atoms with van der Waals surface area (Å²) >= 11 is 0. The first kappa shape index (κ1) is 35.3.